The normalized spacial score (nSPS) is 14.3. The summed E-state index contributed by atoms with van der Waals surface area (Å²) in [6.45, 7) is 5.47. The molecule has 0 bridgehead atoms. The first-order valence-corrected chi connectivity index (χ1v) is 21.2. The van der Waals surface area contributed by atoms with Crippen LogP contribution in [-0.4, -0.2) is 75.6 Å². The van der Waals surface area contributed by atoms with E-state index in [4.69, 9.17) is 18.5 Å². The molecule has 0 aliphatic rings. The molecule has 1 N–H and O–H groups in total. The van der Waals surface area contributed by atoms with Crippen molar-refractivity contribution in [2.45, 2.75) is 161 Å². The second-order valence-electron chi connectivity index (χ2n) is 14.3. The number of hydrogen-bond donors (Lipinski definition) is 1. The minimum absolute atomic E-state index is 0.0861. The first kappa shape index (κ1) is 47.7. The van der Waals surface area contributed by atoms with E-state index in [9.17, 15) is 14.3 Å². The van der Waals surface area contributed by atoms with Gasteiger partial charge in [-0.1, -0.05) is 140 Å². The van der Waals surface area contributed by atoms with E-state index in [0.717, 1.165) is 57.8 Å². The summed E-state index contributed by atoms with van der Waals surface area (Å²) < 4.78 is 34.8. The molecule has 0 aliphatic carbocycles. The molecule has 2 unspecified atom stereocenters. The number of ether oxygens (including phenoxy) is 2. The standard InChI is InChI=1S/C40H76NO7P/c1-6-8-10-12-14-16-18-19-20-21-22-24-26-28-30-32-35-45-37-39(38-47-49(43,44)46-36-34-41(3,4)5)48-40(42)33-31-29-27-25-23-17-15-13-11-9-7-2/h8,10,14,16,19-20,39H,6-7,9,11-13,15,17-18,21-38H2,1-5H3/p+1/b10-8-,16-14-,20-19-. The van der Waals surface area contributed by atoms with E-state index in [-0.39, 0.29) is 25.8 Å². The molecule has 0 aliphatic heterocycles. The van der Waals surface area contributed by atoms with Crippen molar-refractivity contribution < 1.29 is 37.3 Å². The smallest absolute Gasteiger partial charge is 0.457 e. The molecule has 288 valence electrons. The number of hydrogen-bond acceptors (Lipinski definition) is 6. The maximum Gasteiger partial charge on any atom is 0.472 e. The summed E-state index contributed by atoms with van der Waals surface area (Å²) in [5.41, 5.74) is 0. The first-order valence-electron chi connectivity index (χ1n) is 19.7. The van der Waals surface area contributed by atoms with Crippen molar-refractivity contribution >= 4 is 13.8 Å². The first-order chi connectivity index (χ1) is 23.6. The van der Waals surface area contributed by atoms with Gasteiger partial charge in [-0.2, -0.15) is 0 Å². The van der Waals surface area contributed by atoms with Gasteiger partial charge >= 0.3 is 13.8 Å². The molecule has 9 heteroatoms. The number of rotatable bonds is 36. The zero-order valence-corrected chi connectivity index (χ0v) is 33.3. The molecule has 0 saturated heterocycles. The van der Waals surface area contributed by atoms with Crippen LogP contribution in [0.25, 0.3) is 0 Å². The third-order valence-electron chi connectivity index (χ3n) is 8.22. The highest BCUT2D eigenvalue weighted by Crippen LogP contribution is 2.43. The minimum atomic E-state index is -4.27. The van der Waals surface area contributed by atoms with Gasteiger partial charge in [-0.3, -0.25) is 13.8 Å². The van der Waals surface area contributed by atoms with Gasteiger partial charge < -0.3 is 18.9 Å². The molecule has 0 radical (unpaired) electrons. The second-order valence-corrected chi connectivity index (χ2v) is 15.7. The zero-order valence-electron chi connectivity index (χ0n) is 32.4. The van der Waals surface area contributed by atoms with Crippen molar-refractivity contribution in [3.63, 3.8) is 0 Å². The summed E-state index contributed by atoms with van der Waals surface area (Å²) in [7, 11) is 1.66. The highest BCUT2D eigenvalue weighted by molar-refractivity contribution is 7.47. The molecule has 0 amide bonds. The van der Waals surface area contributed by atoms with Crippen LogP contribution in [0, 0.1) is 0 Å². The van der Waals surface area contributed by atoms with Crippen LogP contribution in [0.4, 0.5) is 0 Å². The van der Waals surface area contributed by atoms with Crippen LogP contribution in [0.15, 0.2) is 36.5 Å². The number of phosphoric ester groups is 1. The van der Waals surface area contributed by atoms with E-state index in [2.05, 4.69) is 50.3 Å². The van der Waals surface area contributed by atoms with Gasteiger partial charge in [-0.05, 0) is 44.9 Å². The van der Waals surface area contributed by atoms with Crippen LogP contribution in [0.5, 0.6) is 0 Å². The number of allylic oxidation sites excluding steroid dienone is 6. The van der Waals surface area contributed by atoms with Crippen LogP contribution < -0.4 is 0 Å². The Balaban J connectivity index is 4.29. The van der Waals surface area contributed by atoms with Crippen molar-refractivity contribution in [2.75, 3.05) is 54.1 Å². The fraction of sp³-hybridized carbons (Fsp3) is 0.825. The van der Waals surface area contributed by atoms with Gasteiger partial charge in [0.25, 0.3) is 0 Å². The molecule has 0 fully saturated rings. The van der Waals surface area contributed by atoms with Gasteiger partial charge in [0.2, 0.25) is 0 Å². The minimum Gasteiger partial charge on any atom is -0.457 e. The van der Waals surface area contributed by atoms with Gasteiger partial charge in [-0.15, -0.1) is 0 Å². The van der Waals surface area contributed by atoms with Gasteiger partial charge in [0.1, 0.15) is 19.3 Å². The van der Waals surface area contributed by atoms with Crippen molar-refractivity contribution in [1.82, 2.24) is 0 Å². The molecule has 0 heterocycles. The number of nitrogens with zero attached hydrogens (tertiary/aromatic N) is 1. The zero-order chi connectivity index (χ0) is 36.3. The summed E-state index contributed by atoms with van der Waals surface area (Å²) in [4.78, 5) is 22.8. The average Bonchev–Trinajstić information content (AvgIpc) is 3.04. The lowest BCUT2D eigenvalue weighted by Gasteiger charge is -2.24. The van der Waals surface area contributed by atoms with Crippen LogP contribution in [0.2, 0.25) is 0 Å². The lowest BCUT2D eigenvalue weighted by atomic mass is 10.1. The van der Waals surface area contributed by atoms with E-state index < -0.39 is 13.9 Å². The summed E-state index contributed by atoms with van der Waals surface area (Å²) in [5, 5.41) is 0. The summed E-state index contributed by atoms with van der Waals surface area (Å²) in [5.74, 6) is -0.321. The maximum atomic E-state index is 12.6. The molecule has 0 aromatic rings. The molecule has 0 aromatic heterocycles. The largest absolute Gasteiger partial charge is 0.472 e. The van der Waals surface area contributed by atoms with E-state index in [0.29, 0.717) is 24.1 Å². The number of carbonyl (C=O) groups is 1. The van der Waals surface area contributed by atoms with Gasteiger partial charge in [0, 0.05) is 13.0 Å². The molecule has 2 atom stereocenters. The molecule has 8 nitrogen and oxygen atoms in total. The van der Waals surface area contributed by atoms with Gasteiger partial charge in [0.15, 0.2) is 0 Å². The van der Waals surface area contributed by atoms with E-state index in [1.54, 1.807) is 0 Å². The Kier molecular flexibility index (Phi) is 33.0. The Morgan fingerprint density at radius 1 is 0.653 bits per heavy atom. The Bertz CT molecular complexity index is 884. The number of esters is 1. The number of likely N-dealkylation sites (N-methyl/N-ethyl adjacent to an activating group) is 1. The Hall–Kier alpha value is -1.28. The maximum absolute atomic E-state index is 12.6. The average molecular weight is 715 g/mol. The number of carbonyl (C=O) groups excluding carboxylic acids is 1. The summed E-state index contributed by atoms with van der Waals surface area (Å²) >= 11 is 0. The monoisotopic (exact) mass is 715 g/mol. The Labute approximate surface area is 302 Å². The van der Waals surface area contributed by atoms with Crippen molar-refractivity contribution in [1.29, 1.82) is 0 Å². The Morgan fingerprint density at radius 2 is 1.18 bits per heavy atom. The fourth-order valence-corrected chi connectivity index (χ4v) is 5.90. The van der Waals surface area contributed by atoms with Crippen LogP contribution in [-0.2, 0) is 27.9 Å². The summed E-state index contributed by atoms with van der Waals surface area (Å²) in [6, 6.07) is 0. The number of unbranched alkanes of at least 4 members (excludes halogenated alkanes) is 16. The third-order valence-corrected chi connectivity index (χ3v) is 9.20. The number of quaternary nitrogens is 1. The van der Waals surface area contributed by atoms with Crippen LogP contribution in [0.1, 0.15) is 155 Å². The lowest BCUT2D eigenvalue weighted by Crippen LogP contribution is -2.37. The van der Waals surface area contributed by atoms with Gasteiger partial charge in [-0.25, -0.2) is 4.57 Å². The van der Waals surface area contributed by atoms with Crippen LogP contribution in [0.3, 0.4) is 0 Å². The van der Waals surface area contributed by atoms with Crippen LogP contribution >= 0.6 is 7.82 Å². The van der Waals surface area contributed by atoms with Crippen molar-refractivity contribution in [3.8, 4) is 0 Å². The van der Waals surface area contributed by atoms with Crippen molar-refractivity contribution in [2.24, 2.45) is 0 Å². The topological polar surface area (TPSA) is 91.3 Å². The molecular weight excluding hydrogens is 637 g/mol. The SMILES string of the molecule is CC/C=C\C/C=C\C/C=C\CCCCCCCCOCC(COP(=O)(O)OCC[N+](C)(C)C)OC(=O)CCCCCCCCCCCCC. The second kappa shape index (κ2) is 33.8. The molecule has 0 saturated carbocycles. The molecule has 49 heavy (non-hydrogen) atoms. The molecule has 0 spiro atoms. The third kappa shape index (κ3) is 37.8. The lowest BCUT2D eigenvalue weighted by molar-refractivity contribution is -0.870. The van der Waals surface area contributed by atoms with E-state index >= 15 is 0 Å². The fourth-order valence-electron chi connectivity index (χ4n) is 5.15. The van der Waals surface area contributed by atoms with E-state index in [1.807, 2.05) is 21.1 Å². The van der Waals surface area contributed by atoms with Crippen molar-refractivity contribution in [3.05, 3.63) is 36.5 Å². The van der Waals surface area contributed by atoms with Gasteiger partial charge in [0.05, 0.1) is 34.4 Å². The quantitative estimate of drug-likeness (QED) is 0.0227. The highest BCUT2D eigenvalue weighted by Gasteiger charge is 2.26. The molecule has 0 aromatic carbocycles. The highest BCUT2D eigenvalue weighted by atomic mass is 31.2. The summed E-state index contributed by atoms with van der Waals surface area (Å²) in [6.07, 6.45) is 37.4. The molecular formula is C40H77NO7P+. The Morgan fingerprint density at radius 3 is 1.78 bits per heavy atom. The van der Waals surface area contributed by atoms with E-state index in [1.165, 1.54) is 77.0 Å². The predicted octanol–water partition coefficient (Wildman–Crippen LogP) is 11.0. The predicted molar refractivity (Wildman–Crippen MR) is 206 cm³/mol. The molecule has 0 rings (SSSR count). The number of phosphoric acid groups is 1.